The molecule has 1 heterocycles. The van der Waals surface area contributed by atoms with Crippen LogP contribution >= 0.6 is 0 Å². The Kier molecular flexibility index (Phi) is 6.66. The molecular weight excluding hydrogens is 344 g/mol. The molecule has 1 aromatic carbocycles. The number of nitrogens with one attached hydrogen (secondary N) is 1. The van der Waals surface area contributed by atoms with Gasteiger partial charge in [-0.1, -0.05) is 12.1 Å². The minimum absolute atomic E-state index is 0.263. The molecule has 6 heteroatoms. The number of hydrogen-bond donors (Lipinski definition) is 1. The van der Waals surface area contributed by atoms with Gasteiger partial charge in [0.2, 0.25) is 0 Å². The minimum Gasteiger partial charge on any atom is -0.463 e. The lowest BCUT2D eigenvalue weighted by Gasteiger charge is -2.30. The third kappa shape index (κ3) is 4.32. The normalized spacial score (nSPS) is 16.7. The average molecular weight is 372 g/mol. The summed E-state index contributed by atoms with van der Waals surface area (Å²) in [6.07, 6.45) is 0. The summed E-state index contributed by atoms with van der Waals surface area (Å²) in [5.41, 5.74) is 4.08. The molecule has 1 atom stereocenters. The second-order valence-electron chi connectivity index (χ2n) is 6.54. The zero-order valence-corrected chi connectivity index (χ0v) is 16.9. The smallest absolute Gasteiger partial charge is 0.340 e. The lowest BCUT2D eigenvalue weighted by molar-refractivity contribution is -0.139. The number of dihydropyridines is 1. The summed E-state index contributed by atoms with van der Waals surface area (Å²) < 4.78 is 10.4. The van der Waals surface area contributed by atoms with E-state index in [-0.39, 0.29) is 13.2 Å². The van der Waals surface area contributed by atoms with Crippen molar-refractivity contribution in [2.45, 2.75) is 33.7 Å². The first-order valence-corrected chi connectivity index (χ1v) is 9.11. The minimum atomic E-state index is -0.441. The van der Waals surface area contributed by atoms with E-state index in [9.17, 15) is 9.59 Å². The molecule has 1 aliphatic heterocycles. The van der Waals surface area contributed by atoms with Gasteiger partial charge in [0.1, 0.15) is 0 Å². The Bertz CT molecular complexity index is 776. The van der Waals surface area contributed by atoms with Crippen LogP contribution in [0.1, 0.15) is 39.3 Å². The third-order valence-electron chi connectivity index (χ3n) is 4.52. The summed E-state index contributed by atoms with van der Waals surface area (Å²) in [6, 6.07) is 7.55. The van der Waals surface area contributed by atoms with Crippen LogP contribution in [0.3, 0.4) is 0 Å². The summed E-state index contributed by atoms with van der Waals surface area (Å²) >= 11 is 0. The fourth-order valence-electron chi connectivity index (χ4n) is 3.20. The summed E-state index contributed by atoms with van der Waals surface area (Å²) in [7, 11) is 3.95. The van der Waals surface area contributed by atoms with Gasteiger partial charge in [-0.05, 0) is 51.0 Å². The summed E-state index contributed by atoms with van der Waals surface area (Å²) in [6.45, 7) is 7.64. The van der Waals surface area contributed by atoms with Gasteiger partial charge in [0.25, 0.3) is 0 Å². The van der Waals surface area contributed by atoms with Gasteiger partial charge in [0.15, 0.2) is 0 Å². The molecule has 0 fully saturated rings. The topological polar surface area (TPSA) is 67.9 Å². The van der Waals surface area contributed by atoms with Crippen molar-refractivity contribution >= 4 is 17.6 Å². The Labute approximate surface area is 160 Å². The van der Waals surface area contributed by atoms with E-state index in [1.807, 2.05) is 50.2 Å². The van der Waals surface area contributed by atoms with Crippen LogP contribution in [0.15, 0.2) is 46.7 Å². The average Bonchev–Trinajstić information content (AvgIpc) is 2.61. The van der Waals surface area contributed by atoms with Crippen LogP contribution in [-0.2, 0) is 19.1 Å². The molecule has 0 saturated heterocycles. The highest BCUT2D eigenvalue weighted by Crippen LogP contribution is 2.35. The number of anilines is 1. The van der Waals surface area contributed by atoms with Gasteiger partial charge in [0.05, 0.1) is 30.4 Å². The van der Waals surface area contributed by atoms with E-state index in [2.05, 4.69) is 5.32 Å². The highest BCUT2D eigenvalue weighted by Gasteiger charge is 2.34. The van der Waals surface area contributed by atoms with Crippen LogP contribution in [0.25, 0.3) is 0 Å². The largest absolute Gasteiger partial charge is 0.463 e. The number of hydrogen-bond acceptors (Lipinski definition) is 6. The van der Waals surface area contributed by atoms with Crippen LogP contribution in [0, 0.1) is 0 Å². The van der Waals surface area contributed by atoms with E-state index in [4.69, 9.17) is 9.47 Å². The van der Waals surface area contributed by atoms with Crippen LogP contribution in [0.4, 0.5) is 5.69 Å². The van der Waals surface area contributed by atoms with Crippen LogP contribution in [0.2, 0.25) is 0 Å². The van der Waals surface area contributed by atoms with E-state index < -0.39 is 18.0 Å². The summed E-state index contributed by atoms with van der Waals surface area (Å²) in [5.74, 6) is -0.873. The highest BCUT2D eigenvalue weighted by atomic mass is 16.5. The van der Waals surface area contributed by atoms with Crippen molar-refractivity contribution < 1.29 is 19.1 Å². The molecule has 0 aliphatic carbocycles. The molecule has 2 rings (SSSR count). The van der Waals surface area contributed by atoms with Gasteiger partial charge in [-0.3, -0.25) is 0 Å². The quantitative estimate of drug-likeness (QED) is 0.774. The molecule has 1 N–H and O–H groups in total. The molecule has 0 spiro atoms. The van der Waals surface area contributed by atoms with Gasteiger partial charge in [-0.25, -0.2) is 9.59 Å². The molecule has 1 aliphatic rings. The number of carbonyl (C=O) groups is 2. The maximum absolute atomic E-state index is 12.7. The van der Waals surface area contributed by atoms with Crippen molar-refractivity contribution in [2.24, 2.45) is 0 Å². The molecule has 0 bridgehead atoms. The predicted molar refractivity (Wildman–Crippen MR) is 105 cm³/mol. The Balaban J connectivity index is 2.52. The first-order chi connectivity index (χ1) is 12.8. The molecule has 27 heavy (non-hydrogen) atoms. The van der Waals surface area contributed by atoms with E-state index in [1.54, 1.807) is 20.8 Å². The van der Waals surface area contributed by atoms with Gasteiger partial charge in [0, 0.05) is 25.5 Å². The number of nitrogens with zero attached hydrogens (tertiary/aromatic N) is 1. The van der Waals surface area contributed by atoms with Crippen LogP contribution in [0.5, 0.6) is 0 Å². The van der Waals surface area contributed by atoms with Gasteiger partial charge >= 0.3 is 11.9 Å². The van der Waals surface area contributed by atoms with Gasteiger partial charge < -0.3 is 19.7 Å². The molecule has 0 amide bonds. The van der Waals surface area contributed by atoms with Crippen molar-refractivity contribution in [3.05, 3.63) is 52.2 Å². The molecule has 0 aromatic heterocycles. The maximum atomic E-state index is 12.7. The molecule has 0 saturated carbocycles. The number of ether oxygens (including phenoxy) is 2. The van der Waals surface area contributed by atoms with Gasteiger partial charge in [-0.2, -0.15) is 0 Å². The monoisotopic (exact) mass is 372 g/mol. The molecule has 146 valence electrons. The lowest BCUT2D eigenvalue weighted by atomic mass is 9.87. The number of carbonyl (C=O) groups excluding carboxylic acids is 2. The second-order valence-corrected chi connectivity index (χ2v) is 6.54. The summed E-state index contributed by atoms with van der Waals surface area (Å²) in [5, 5.41) is 3.30. The summed E-state index contributed by atoms with van der Waals surface area (Å²) in [4.78, 5) is 27.1. The number of benzene rings is 1. The van der Waals surface area contributed by atoms with E-state index in [1.165, 1.54) is 0 Å². The second kappa shape index (κ2) is 8.75. The Morgan fingerprint density at radius 2 is 1.56 bits per heavy atom. The van der Waals surface area contributed by atoms with Crippen LogP contribution in [-0.4, -0.2) is 39.2 Å². The predicted octanol–water partition coefficient (Wildman–Crippen LogP) is 3.11. The third-order valence-corrected chi connectivity index (χ3v) is 4.52. The number of esters is 2. The van der Waals surface area contributed by atoms with Crippen molar-refractivity contribution in [3.63, 3.8) is 0 Å². The lowest BCUT2D eigenvalue weighted by Crippen LogP contribution is -2.34. The van der Waals surface area contributed by atoms with Crippen molar-refractivity contribution in [1.82, 2.24) is 5.32 Å². The Morgan fingerprint density at radius 3 is 2.07 bits per heavy atom. The molecule has 1 aromatic rings. The van der Waals surface area contributed by atoms with E-state index >= 15 is 0 Å². The highest BCUT2D eigenvalue weighted by molar-refractivity contribution is 6.00. The fourth-order valence-corrected chi connectivity index (χ4v) is 3.20. The SMILES string of the molecule is CCOC(=O)C1=C(C)N[C@@H](c2ccc(N(C)C)cc2)C(C(=O)OCC)=C1C. The van der Waals surface area contributed by atoms with E-state index in [0.29, 0.717) is 22.4 Å². The number of allylic oxidation sites excluding steroid dienone is 1. The molecule has 0 unspecified atom stereocenters. The molecular formula is C21H28N2O4. The zero-order valence-electron chi connectivity index (χ0n) is 16.9. The van der Waals surface area contributed by atoms with Crippen molar-refractivity contribution in [1.29, 1.82) is 0 Å². The first-order valence-electron chi connectivity index (χ1n) is 9.11. The molecule has 0 radical (unpaired) electrons. The van der Waals surface area contributed by atoms with Crippen molar-refractivity contribution in [3.8, 4) is 0 Å². The van der Waals surface area contributed by atoms with E-state index in [0.717, 1.165) is 11.3 Å². The maximum Gasteiger partial charge on any atom is 0.340 e. The number of rotatable bonds is 6. The zero-order chi connectivity index (χ0) is 20.1. The fraction of sp³-hybridized carbons (Fsp3) is 0.429. The first kappa shape index (κ1) is 20.6. The van der Waals surface area contributed by atoms with Crippen LogP contribution < -0.4 is 10.2 Å². The Morgan fingerprint density at radius 1 is 1.00 bits per heavy atom. The Hall–Kier alpha value is -2.76. The van der Waals surface area contributed by atoms with Crippen molar-refractivity contribution in [2.75, 3.05) is 32.2 Å². The standard InChI is InChI=1S/C21H28N2O4/c1-7-26-20(24)17-13(3)18(21(25)27-8-2)19(22-14(17)4)15-9-11-16(12-10-15)23(5)6/h9-12,19,22H,7-8H2,1-6H3/t19-/m0/s1. The molecule has 6 nitrogen and oxygen atoms in total. The van der Waals surface area contributed by atoms with Gasteiger partial charge in [-0.15, -0.1) is 0 Å².